The molecule has 0 aliphatic carbocycles. The number of hydrogen-bond donors (Lipinski definition) is 2. The molecule has 0 aliphatic heterocycles. The van der Waals surface area contributed by atoms with Crippen LogP contribution in [0.4, 0.5) is 11.4 Å². The van der Waals surface area contributed by atoms with Crippen molar-refractivity contribution >= 4 is 50.5 Å². The van der Waals surface area contributed by atoms with Gasteiger partial charge in [-0.15, -0.1) is 0 Å². The van der Waals surface area contributed by atoms with Gasteiger partial charge in [0.1, 0.15) is 12.3 Å². The Kier molecular flexibility index (Phi) is 7.92. The maximum Gasteiger partial charge on any atom is 0.261 e. The Morgan fingerprint density at radius 2 is 1.84 bits per heavy atom. The van der Waals surface area contributed by atoms with Crippen molar-refractivity contribution in [1.82, 2.24) is 4.98 Å². The summed E-state index contributed by atoms with van der Waals surface area (Å²) >= 11 is 11.8. The zero-order valence-electron chi connectivity index (χ0n) is 16.8. The fraction of sp³-hybridized carbons (Fsp3) is 0.143. The number of pyridine rings is 1. The van der Waals surface area contributed by atoms with E-state index in [1.54, 1.807) is 31.4 Å². The molecule has 2 N–H and O–H groups in total. The van der Waals surface area contributed by atoms with Crippen LogP contribution >= 0.6 is 23.2 Å². The van der Waals surface area contributed by atoms with Gasteiger partial charge in [-0.05, 0) is 48.5 Å². The number of rotatable bonds is 9. The number of benzene rings is 2. The molecule has 3 aromatic rings. The maximum absolute atomic E-state index is 12.7. The standard InChI is InChI=1S/C21H19Cl2N3O5S/c1-30-10-11-31-21-19(6-3-9-24-21)25-20(27)14-4-2-5-15(12-14)26-32(28,29)16-7-8-17(22)18(23)13-16/h2-9,12-13,26H,10-11H2,1H3,(H,25,27). The Morgan fingerprint density at radius 1 is 1.03 bits per heavy atom. The molecule has 3 rings (SSSR count). The minimum atomic E-state index is -3.94. The van der Waals surface area contributed by atoms with Gasteiger partial charge in [0.15, 0.2) is 0 Å². The lowest BCUT2D eigenvalue weighted by Crippen LogP contribution is -2.16. The van der Waals surface area contributed by atoms with Crippen molar-refractivity contribution in [3.8, 4) is 5.88 Å². The monoisotopic (exact) mass is 495 g/mol. The van der Waals surface area contributed by atoms with Gasteiger partial charge in [-0.3, -0.25) is 9.52 Å². The number of carbonyl (C=O) groups excluding carboxylic acids is 1. The van der Waals surface area contributed by atoms with Crippen LogP contribution in [0.5, 0.6) is 5.88 Å². The zero-order chi connectivity index (χ0) is 23.1. The molecule has 1 aromatic heterocycles. The smallest absolute Gasteiger partial charge is 0.261 e. The van der Waals surface area contributed by atoms with E-state index in [0.717, 1.165) is 0 Å². The molecule has 0 fully saturated rings. The third-order valence-electron chi connectivity index (χ3n) is 4.12. The van der Waals surface area contributed by atoms with Crippen molar-refractivity contribution in [1.29, 1.82) is 0 Å². The summed E-state index contributed by atoms with van der Waals surface area (Å²) in [4.78, 5) is 16.8. The van der Waals surface area contributed by atoms with Gasteiger partial charge in [0.25, 0.3) is 15.9 Å². The van der Waals surface area contributed by atoms with Crippen LogP contribution in [-0.2, 0) is 14.8 Å². The lowest BCUT2D eigenvalue weighted by atomic mass is 10.2. The SMILES string of the molecule is COCCOc1ncccc1NC(=O)c1cccc(NS(=O)(=O)c2ccc(Cl)c(Cl)c2)c1. The van der Waals surface area contributed by atoms with Crippen LogP contribution in [0.25, 0.3) is 0 Å². The summed E-state index contributed by atoms with van der Waals surface area (Å²) in [7, 11) is -2.39. The first-order valence-electron chi connectivity index (χ1n) is 9.26. The van der Waals surface area contributed by atoms with E-state index in [1.165, 1.54) is 36.5 Å². The van der Waals surface area contributed by atoms with E-state index < -0.39 is 15.9 Å². The first-order valence-corrected chi connectivity index (χ1v) is 11.5. The summed E-state index contributed by atoms with van der Waals surface area (Å²) in [5, 5.41) is 3.07. The van der Waals surface area contributed by atoms with Gasteiger partial charge < -0.3 is 14.8 Å². The van der Waals surface area contributed by atoms with E-state index in [0.29, 0.717) is 12.3 Å². The van der Waals surface area contributed by atoms with Gasteiger partial charge in [-0.2, -0.15) is 0 Å². The van der Waals surface area contributed by atoms with Gasteiger partial charge in [0.2, 0.25) is 5.88 Å². The number of halogens is 2. The Bertz CT molecular complexity index is 1220. The fourth-order valence-corrected chi connectivity index (χ4v) is 4.04. The summed E-state index contributed by atoms with van der Waals surface area (Å²) in [5.41, 5.74) is 0.799. The third kappa shape index (κ3) is 6.10. The van der Waals surface area contributed by atoms with Gasteiger partial charge in [-0.1, -0.05) is 29.3 Å². The highest BCUT2D eigenvalue weighted by molar-refractivity contribution is 7.92. The molecule has 0 aliphatic rings. The van der Waals surface area contributed by atoms with Gasteiger partial charge in [0.05, 0.1) is 21.5 Å². The maximum atomic E-state index is 12.7. The molecule has 11 heteroatoms. The molecule has 1 heterocycles. The topological polar surface area (TPSA) is 107 Å². The van der Waals surface area contributed by atoms with Crippen LogP contribution in [0.15, 0.2) is 65.7 Å². The number of nitrogens with zero attached hydrogens (tertiary/aromatic N) is 1. The van der Waals surface area contributed by atoms with Gasteiger partial charge >= 0.3 is 0 Å². The molecule has 0 radical (unpaired) electrons. The highest BCUT2D eigenvalue weighted by atomic mass is 35.5. The Balaban J connectivity index is 1.76. The van der Waals surface area contributed by atoms with Crippen molar-refractivity contribution in [3.05, 3.63) is 76.4 Å². The second-order valence-electron chi connectivity index (χ2n) is 6.41. The number of amides is 1. The lowest BCUT2D eigenvalue weighted by Gasteiger charge is -2.12. The largest absolute Gasteiger partial charge is 0.474 e. The molecular formula is C21H19Cl2N3O5S. The quantitative estimate of drug-likeness (QED) is 0.424. The predicted molar refractivity (Wildman–Crippen MR) is 123 cm³/mol. The number of aromatic nitrogens is 1. The molecule has 0 saturated carbocycles. The number of hydrogen-bond acceptors (Lipinski definition) is 6. The van der Waals surface area contributed by atoms with Gasteiger partial charge in [0, 0.05) is 24.6 Å². The molecule has 0 spiro atoms. The molecule has 0 saturated heterocycles. The second kappa shape index (κ2) is 10.6. The minimum absolute atomic E-state index is 0.0602. The third-order valence-corrected chi connectivity index (χ3v) is 6.24. The second-order valence-corrected chi connectivity index (χ2v) is 8.91. The van der Waals surface area contributed by atoms with Crippen LogP contribution in [0.3, 0.4) is 0 Å². The molecule has 32 heavy (non-hydrogen) atoms. The molecule has 0 bridgehead atoms. The van der Waals surface area contributed by atoms with Crippen molar-refractivity contribution in [2.45, 2.75) is 4.90 Å². The first kappa shape index (κ1) is 23.8. The van der Waals surface area contributed by atoms with Crippen molar-refractivity contribution in [2.24, 2.45) is 0 Å². The van der Waals surface area contributed by atoms with Crippen LogP contribution in [0, 0.1) is 0 Å². The number of anilines is 2. The van der Waals surface area contributed by atoms with Crippen molar-refractivity contribution in [3.63, 3.8) is 0 Å². The van der Waals surface area contributed by atoms with E-state index in [2.05, 4.69) is 15.0 Å². The number of methoxy groups -OCH3 is 1. The first-order chi connectivity index (χ1) is 15.3. The average molecular weight is 496 g/mol. The lowest BCUT2D eigenvalue weighted by molar-refractivity contribution is 0.102. The minimum Gasteiger partial charge on any atom is -0.474 e. The Morgan fingerprint density at radius 3 is 2.59 bits per heavy atom. The number of nitrogens with one attached hydrogen (secondary N) is 2. The van der Waals surface area contributed by atoms with Crippen molar-refractivity contribution in [2.75, 3.05) is 30.4 Å². The summed E-state index contributed by atoms with van der Waals surface area (Å²) in [5.74, 6) is -0.223. The number of sulfonamides is 1. The normalized spacial score (nSPS) is 11.1. The van der Waals surface area contributed by atoms with Crippen LogP contribution in [0.1, 0.15) is 10.4 Å². The van der Waals surface area contributed by atoms with Gasteiger partial charge in [-0.25, -0.2) is 13.4 Å². The van der Waals surface area contributed by atoms with Crippen LogP contribution in [-0.4, -0.2) is 39.6 Å². The molecule has 1 amide bonds. The summed E-state index contributed by atoms with van der Waals surface area (Å²) < 4.78 is 38.2. The molecule has 0 unspecified atom stereocenters. The average Bonchev–Trinajstić information content (AvgIpc) is 2.76. The summed E-state index contributed by atoms with van der Waals surface area (Å²) in [6.45, 7) is 0.632. The predicted octanol–water partition coefficient (Wildman–Crippen LogP) is 4.47. The molecule has 168 valence electrons. The van der Waals surface area contributed by atoms with E-state index in [9.17, 15) is 13.2 Å². The Hall–Kier alpha value is -2.85. The van der Waals surface area contributed by atoms with Crippen LogP contribution in [0.2, 0.25) is 10.0 Å². The number of carbonyl (C=O) groups is 1. The van der Waals surface area contributed by atoms with E-state index >= 15 is 0 Å². The van der Waals surface area contributed by atoms with E-state index in [4.69, 9.17) is 32.7 Å². The van der Waals surface area contributed by atoms with Crippen LogP contribution < -0.4 is 14.8 Å². The molecule has 2 aromatic carbocycles. The highest BCUT2D eigenvalue weighted by Crippen LogP contribution is 2.26. The van der Waals surface area contributed by atoms with E-state index in [-0.39, 0.29) is 38.7 Å². The summed E-state index contributed by atoms with van der Waals surface area (Å²) in [6, 6.07) is 13.3. The zero-order valence-corrected chi connectivity index (χ0v) is 19.2. The fourth-order valence-electron chi connectivity index (χ4n) is 2.60. The summed E-state index contributed by atoms with van der Waals surface area (Å²) in [6.07, 6.45) is 1.54. The molecule has 0 atom stereocenters. The Labute approximate surface area is 195 Å². The molecular weight excluding hydrogens is 477 g/mol. The van der Waals surface area contributed by atoms with Crippen molar-refractivity contribution < 1.29 is 22.7 Å². The number of ether oxygens (including phenoxy) is 2. The molecule has 8 nitrogen and oxygen atoms in total. The highest BCUT2D eigenvalue weighted by Gasteiger charge is 2.17. The van der Waals surface area contributed by atoms with E-state index in [1.807, 2.05) is 0 Å².